The quantitative estimate of drug-likeness (QED) is 0.877. The van der Waals surface area contributed by atoms with Gasteiger partial charge in [0.1, 0.15) is 5.82 Å². The first-order valence-corrected chi connectivity index (χ1v) is 5.63. The minimum absolute atomic E-state index is 0.439. The number of hydrogen-bond acceptors (Lipinski definition) is 4. The molecule has 1 aromatic heterocycles. The third kappa shape index (κ3) is 2.36. The first-order valence-electron chi connectivity index (χ1n) is 5.63. The summed E-state index contributed by atoms with van der Waals surface area (Å²) in [5.74, 6) is 1.26. The molecule has 0 spiro atoms. The van der Waals surface area contributed by atoms with Gasteiger partial charge in [-0.1, -0.05) is 18.2 Å². The number of nitrogen functional groups attached to an aromatic ring is 1. The zero-order chi connectivity index (χ0) is 12.3. The van der Waals surface area contributed by atoms with E-state index >= 15 is 0 Å². The number of rotatable bonds is 3. The third-order valence-electron chi connectivity index (χ3n) is 2.66. The molecular weight excluding hydrogens is 212 g/mol. The Balaban J connectivity index is 2.40. The standard InChI is InChI=1S/C13H16N4/c1-3-17(11-7-5-4-6-10(11)2)13-9-15-12(14)8-16-13/h4-9H,3H2,1-2H3,(H2,14,15). The molecule has 2 rings (SSSR count). The lowest BCUT2D eigenvalue weighted by Gasteiger charge is -2.23. The van der Waals surface area contributed by atoms with Crippen LogP contribution in [0.2, 0.25) is 0 Å². The molecule has 4 heteroatoms. The molecule has 0 saturated carbocycles. The van der Waals surface area contributed by atoms with Crippen LogP contribution < -0.4 is 10.6 Å². The summed E-state index contributed by atoms with van der Waals surface area (Å²) in [4.78, 5) is 10.5. The van der Waals surface area contributed by atoms with Crippen molar-refractivity contribution in [3.63, 3.8) is 0 Å². The van der Waals surface area contributed by atoms with E-state index in [-0.39, 0.29) is 0 Å². The van der Waals surface area contributed by atoms with Crippen LogP contribution in [0.3, 0.4) is 0 Å². The van der Waals surface area contributed by atoms with E-state index in [0.717, 1.165) is 18.1 Å². The monoisotopic (exact) mass is 228 g/mol. The van der Waals surface area contributed by atoms with Crippen LogP contribution >= 0.6 is 0 Å². The van der Waals surface area contributed by atoms with Crippen molar-refractivity contribution in [3.8, 4) is 0 Å². The Bertz CT molecular complexity index is 493. The van der Waals surface area contributed by atoms with Crippen molar-refractivity contribution in [1.29, 1.82) is 0 Å². The molecule has 0 saturated heterocycles. The average molecular weight is 228 g/mol. The van der Waals surface area contributed by atoms with E-state index in [4.69, 9.17) is 5.73 Å². The lowest BCUT2D eigenvalue weighted by atomic mass is 10.2. The highest BCUT2D eigenvalue weighted by molar-refractivity contribution is 5.63. The maximum absolute atomic E-state index is 5.54. The van der Waals surface area contributed by atoms with Gasteiger partial charge in [0.2, 0.25) is 0 Å². The van der Waals surface area contributed by atoms with Crippen molar-refractivity contribution in [2.45, 2.75) is 13.8 Å². The van der Waals surface area contributed by atoms with E-state index in [0.29, 0.717) is 5.82 Å². The van der Waals surface area contributed by atoms with Gasteiger partial charge in [-0.2, -0.15) is 0 Å². The van der Waals surface area contributed by atoms with Gasteiger partial charge in [0.25, 0.3) is 0 Å². The van der Waals surface area contributed by atoms with E-state index in [1.165, 1.54) is 5.56 Å². The van der Waals surface area contributed by atoms with Gasteiger partial charge < -0.3 is 10.6 Å². The Hall–Kier alpha value is -2.10. The first-order chi connectivity index (χ1) is 8.22. The highest BCUT2D eigenvalue weighted by atomic mass is 15.2. The lowest BCUT2D eigenvalue weighted by molar-refractivity contribution is 0.972. The van der Waals surface area contributed by atoms with Crippen molar-refractivity contribution >= 4 is 17.3 Å². The zero-order valence-corrected chi connectivity index (χ0v) is 10.1. The van der Waals surface area contributed by atoms with Crippen LogP contribution in [-0.2, 0) is 0 Å². The van der Waals surface area contributed by atoms with E-state index in [1.807, 2.05) is 12.1 Å². The van der Waals surface area contributed by atoms with Crippen LogP contribution in [0.15, 0.2) is 36.7 Å². The van der Waals surface area contributed by atoms with Gasteiger partial charge >= 0.3 is 0 Å². The number of benzene rings is 1. The minimum atomic E-state index is 0.439. The molecule has 0 amide bonds. The predicted octanol–water partition coefficient (Wildman–Crippen LogP) is 2.53. The van der Waals surface area contributed by atoms with E-state index in [1.54, 1.807) is 12.4 Å². The molecule has 88 valence electrons. The van der Waals surface area contributed by atoms with Crippen molar-refractivity contribution in [3.05, 3.63) is 42.2 Å². The zero-order valence-electron chi connectivity index (χ0n) is 10.1. The molecule has 0 aliphatic carbocycles. The number of para-hydroxylation sites is 1. The molecule has 0 fully saturated rings. The Labute approximate surface area is 101 Å². The van der Waals surface area contributed by atoms with Gasteiger partial charge in [-0.15, -0.1) is 0 Å². The molecule has 2 N–H and O–H groups in total. The van der Waals surface area contributed by atoms with Crippen LogP contribution in [0.1, 0.15) is 12.5 Å². The highest BCUT2D eigenvalue weighted by Gasteiger charge is 2.10. The molecule has 0 radical (unpaired) electrons. The van der Waals surface area contributed by atoms with Gasteiger partial charge in [-0.25, -0.2) is 9.97 Å². The smallest absolute Gasteiger partial charge is 0.151 e. The van der Waals surface area contributed by atoms with Crippen molar-refractivity contribution in [1.82, 2.24) is 9.97 Å². The fourth-order valence-corrected chi connectivity index (χ4v) is 1.79. The highest BCUT2D eigenvalue weighted by Crippen LogP contribution is 2.25. The SMILES string of the molecule is CCN(c1cnc(N)cn1)c1ccccc1C. The molecular formula is C13H16N4. The third-order valence-corrected chi connectivity index (χ3v) is 2.66. The summed E-state index contributed by atoms with van der Waals surface area (Å²) < 4.78 is 0. The number of nitrogens with zero attached hydrogens (tertiary/aromatic N) is 3. The molecule has 0 bridgehead atoms. The molecule has 17 heavy (non-hydrogen) atoms. The molecule has 0 aliphatic heterocycles. The van der Waals surface area contributed by atoms with E-state index in [2.05, 4.69) is 40.8 Å². The average Bonchev–Trinajstić information content (AvgIpc) is 2.35. The van der Waals surface area contributed by atoms with Crippen molar-refractivity contribution in [2.75, 3.05) is 17.2 Å². The largest absolute Gasteiger partial charge is 0.382 e. The summed E-state index contributed by atoms with van der Waals surface area (Å²) in [6.45, 7) is 5.01. The molecule has 0 aliphatic rings. The number of nitrogens with two attached hydrogens (primary N) is 1. The van der Waals surface area contributed by atoms with Crippen LogP contribution in [0.4, 0.5) is 17.3 Å². The van der Waals surface area contributed by atoms with Gasteiger partial charge in [0.15, 0.2) is 5.82 Å². The van der Waals surface area contributed by atoms with Gasteiger partial charge in [0, 0.05) is 12.2 Å². The summed E-state index contributed by atoms with van der Waals surface area (Å²) in [6.07, 6.45) is 3.28. The Morgan fingerprint density at radius 3 is 2.53 bits per heavy atom. The van der Waals surface area contributed by atoms with Gasteiger partial charge in [-0.3, -0.25) is 0 Å². The lowest BCUT2D eigenvalue weighted by Crippen LogP contribution is -2.18. The predicted molar refractivity (Wildman–Crippen MR) is 70.3 cm³/mol. The molecule has 0 unspecified atom stereocenters. The second-order valence-corrected chi connectivity index (χ2v) is 3.83. The number of aryl methyl sites for hydroxylation is 1. The topological polar surface area (TPSA) is 55.0 Å². The van der Waals surface area contributed by atoms with Crippen LogP contribution in [0.5, 0.6) is 0 Å². The molecule has 1 heterocycles. The normalized spacial score (nSPS) is 10.2. The maximum Gasteiger partial charge on any atom is 0.151 e. The fourth-order valence-electron chi connectivity index (χ4n) is 1.79. The Morgan fingerprint density at radius 1 is 1.18 bits per heavy atom. The molecule has 1 aromatic carbocycles. The first kappa shape index (κ1) is 11.4. The number of aromatic nitrogens is 2. The van der Waals surface area contributed by atoms with Crippen molar-refractivity contribution < 1.29 is 0 Å². The van der Waals surface area contributed by atoms with Crippen molar-refractivity contribution in [2.24, 2.45) is 0 Å². The van der Waals surface area contributed by atoms with Crippen LogP contribution in [0, 0.1) is 6.92 Å². The maximum atomic E-state index is 5.54. The second-order valence-electron chi connectivity index (χ2n) is 3.83. The van der Waals surface area contributed by atoms with Gasteiger partial charge in [0.05, 0.1) is 12.4 Å². The summed E-state index contributed by atoms with van der Waals surface area (Å²) in [6, 6.07) is 8.22. The Kier molecular flexibility index (Phi) is 3.23. The fraction of sp³-hybridized carbons (Fsp3) is 0.231. The van der Waals surface area contributed by atoms with Gasteiger partial charge in [-0.05, 0) is 25.5 Å². The number of hydrogen-bond donors (Lipinski definition) is 1. The summed E-state index contributed by atoms with van der Waals surface area (Å²) >= 11 is 0. The second kappa shape index (κ2) is 4.82. The summed E-state index contributed by atoms with van der Waals surface area (Å²) in [7, 11) is 0. The number of anilines is 3. The molecule has 2 aromatic rings. The van der Waals surface area contributed by atoms with E-state index in [9.17, 15) is 0 Å². The molecule has 4 nitrogen and oxygen atoms in total. The van der Waals surface area contributed by atoms with Crippen LogP contribution in [0.25, 0.3) is 0 Å². The Morgan fingerprint density at radius 2 is 1.94 bits per heavy atom. The van der Waals surface area contributed by atoms with Crippen LogP contribution in [-0.4, -0.2) is 16.5 Å². The molecule has 0 atom stereocenters. The minimum Gasteiger partial charge on any atom is -0.382 e. The summed E-state index contributed by atoms with van der Waals surface area (Å²) in [5, 5.41) is 0. The van der Waals surface area contributed by atoms with E-state index < -0.39 is 0 Å². The summed E-state index contributed by atoms with van der Waals surface area (Å²) in [5.41, 5.74) is 7.91.